The van der Waals surface area contributed by atoms with Crippen LogP contribution in [0.2, 0.25) is 18.5 Å². The minimum Gasteiger partial charge on any atom is -0.0856 e. The second-order valence-corrected chi connectivity index (χ2v) is 6.36. The van der Waals surface area contributed by atoms with Crippen molar-refractivity contribution < 1.29 is 0 Å². The van der Waals surface area contributed by atoms with E-state index in [1.165, 1.54) is 70.5 Å². The van der Waals surface area contributed by atoms with Gasteiger partial charge in [-0.3, -0.25) is 0 Å². The Morgan fingerprint density at radius 2 is 1.06 bits per heavy atom. The van der Waals surface area contributed by atoms with Gasteiger partial charge in [-0.05, 0) is 0 Å². The highest BCUT2D eigenvalue weighted by atomic mass is 14.3. The summed E-state index contributed by atoms with van der Waals surface area (Å²) in [5.41, 5.74) is 0. The largest absolute Gasteiger partial charge is 0.143 e. The minimum absolute atomic E-state index is 0.665. The zero-order chi connectivity index (χ0) is 13.9. The summed E-state index contributed by atoms with van der Waals surface area (Å²) in [5, 5.41) is 0.665. The summed E-state index contributed by atoms with van der Waals surface area (Å²) in [4.78, 5) is 0. The molecule has 0 nitrogen and oxygen atoms in total. The molecule has 0 aliphatic heterocycles. The average molecular weight is 252 g/mol. The van der Waals surface area contributed by atoms with Crippen LogP contribution in [0.3, 0.4) is 0 Å². The molecule has 108 valence electrons. The van der Waals surface area contributed by atoms with Gasteiger partial charge in [0, 0.05) is 0 Å². The van der Waals surface area contributed by atoms with Crippen LogP contribution in [0.4, 0.5) is 0 Å². The average Bonchev–Trinajstić information content (AvgIpc) is 2.38. The molecule has 0 aliphatic carbocycles. The minimum atomic E-state index is 0.665. The third-order valence-corrected chi connectivity index (χ3v) is 4.85. The van der Waals surface area contributed by atoms with Gasteiger partial charge in [0.05, 0.1) is 0 Å². The maximum Gasteiger partial charge on any atom is 0.143 e. The van der Waals surface area contributed by atoms with Crippen molar-refractivity contribution in [1.82, 2.24) is 0 Å². The Kier molecular flexibility index (Phi) is 11.0. The fourth-order valence-electron chi connectivity index (χ4n) is 3.44. The second kappa shape index (κ2) is 10.9. The molecule has 0 rings (SSSR count). The quantitative estimate of drug-likeness (QED) is 0.334. The summed E-state index contributed by atoms with van der Waals surface area (Å²) >= 11 is 0. The first kappa shape index (κ1) is 18.1. The fourth-order valence-corrected chi connectivity index (χ4v) is 3.44. The Morgan fingerprint density at radius 1 is 0.667 bits per heavy atom. The van der Waals surface area contributed by atoms with Crippen molar-refractivity contribution in [3.8, 4) is 0 Å². The molecule has 0 N–H and O–H groups in total. The van der Waals surface area contributed by atoms with E-state index in [-0.39, 0.29) is 0 Å². The highest BCUT2D eigenvalue weighted by molar-refractivity contribution is 6.60. The molecule has 0 saturated carbocycles. The van der Waals surface area contributed by atoms with Crippen LogP contribution in [0.1, 0.15) is 91.9 Å². The van der Waals surface area contributed by atoms with Gasteiger partial charge in [0.1, 0.15) is 6.71 Å². The SMILES string of the molecule is CCCCC(CCCC)(CCCC)B(C)CCC. The molecule has 0 bridgehead atoms. The zero-order valence-corrected chi connectivity index (χ0v) is 13.9. The summed E-state index contributed by atoms with van der Waals surface area (Å²) in [5.74, 6) is 0. The van der Waals surface area contributed by atoms with E-state index in [1.54, 1.807) is 0 Å². The Balaban J connectivity index is 4.72. The lowest BCUT2D eigenvalue weighted by Crippen LogP contribution is -2.30. The van der Waals surface area contributed by atoms with Crippen molar-refractivity contribution in [2.24, 2.45) is 0 Å². The highest BCUT2D eigenvalue weighted by Crippen LogP contribution is 2.47. The van der Waals surface area contributed by atoms with Gasteiger partial charge in [0.25, 0.3) is 0 Å². The van der Waals surface area contributed by atoms with E-state index in [1.807, 2.05) is 0 Å². The molecule has 0 aromatic rings. The van der Waals surface area contributed by atoms with E-state index in [9.17, 15) is 0 Å². The van der Waals surface area contributed by atoms with Crippen LogP contribution in [0.15, 0.2) is 0 Å². The molecular weight excluding hydrogens is 215 g/mol. The van der Waals surface area contributed by atoms with Crippen molar-refractivity contribution in [2.45, 2.75) is 110 Å². The van der Waals surface area contributed by atoms with Crippen molar-refractivity contribution in [1.29, 1.82) is 0 Å². The number of hydrogen-bond donors (Lipinski definition) is 0. The molecular formula is C17H37B. The molecule has 0 heterocycles. The molecule has 0 fully saturated rings. The van der Waals surface area contributed by atoms with E-state index >= 15 is 0 Å². The molecule has 0 unspecified atom stereocenters. The molecule has 1 heteroatoms. The predicted molar refractivity (Wildman–Crippen MR) is 88.0 cm³/mol. The molecule has 0 spiro atoms. The van der Waals surface area contributed by atoms with Gasteiger partial charge < -0.3 is 0 Å². The first-order chi connectivity index (χ1) is 8.66. The van der Waals surface area contributed by atoms with Crippen LogP contribution in [-0.2, 0) is 0 Å². The standard InChI is InChI=1S/C17H37B/c1-6-10-13-17(14-11-7-2,15-12-8-3)18(5)16-9-4/h6-16H2,1-5H3. The van der Waals surface area contributed by atoms with E-state index < -0.39 is 0 Å². The van der Waals surface area contributed by atoms with Gasteiger partial charge in [0.15, 0.2) is 0 Å². The van der Waals surface area contributed by atoms with Crippen LogP contribution >= 0.6 is 0 Å². The normalized spacial score (nSPS) is 11.8. The number of unbranched alkanes of at least 4 members (excludes halogenated alkanes) is 3. The molecule has 0 radical (unpaired) electrons. The molecule has 0 atom stereocenters. The first-order valence-electron chi connectivity index (χ1n) is 8.66. The van der Waals surface area contributed by atoms with Crippen molar-refractivity contribution >= 4 is 6.71 Å². The van der Waals surface area contributed by atoms with Gasteiger partial charge in [-0.1, -0.05) is 110 Å². The van der Waals surface area contributed by atoms with Crippen LogP contribution in [-0.4, -0.2) is 6.71 Å². The van der Waals surface area contributed by atoms with Gasteiger partial charge in [0.2, 0.25) is 0 Å². The van der Waals surface area contributed by atoms with Gasteiger partial charge >= 0.3 is 0 Å². The van der Waals surface area contributed by atoms with Crippen LogP contribution in [0.5, 0.6) is 0 Å². The number of rotatable bonds is 12. The molecule has 0 saturated heterocycles. The van der Waals surface area contributed by atoms with E-state index in [2.05, 4.69) is 34.5 Å². The van der Waals surface area contributed by atoms with Crippen LogP contribution in [0.25, 0.3) is 0 Å². The lowest BCUT2D eigenvalue weighted by atomic mass is 9.30. The second-order valence-electron chi connectivity index (χ2n) is 6.36. The Hall–Kier alpha value is 0.0649. The monoisotopic (exact) mass is 252 g/mol. The third kappa shape index (κ3) is 6.30. The van der Waals surface area contributed by atoms with Crippen LogP contribution < -0.4 is 0 Å². The Labute approximate surface area is 117 Å². The molecule has 0 aromatic heterocycles. The first-order valence-corrected chi connectivity index (χ1v) is 8.66. The Morgan fingerprint density at radius 3 is 1.33 bits per heavy atom. The summed E-state index contributed by atoms with van der Waals surface area (Å²) in [6, 6.07) is 0. The predicted octanol–water partition coefficient (Wildman–Crippen LogP) is 6.83. The van der Waals surface area contributed by atoms with E-state index in [0.717, 1.165) is 6.71 Å². The third-order valence-electron chi connectivity index (χ3n) is 4.85. The summed E-state index contributed by atoms with van der Waals surface area (Å²) in [6.07, 6.45) is 15.6. The summed E-state index contributed by atoms with van der Waals surface area (Å²) in [7, 11) is 0. The van der Waals surface area contributed by atoms with Gasteiger partial charge in [-0.25, -0.2) is 0 Å². The van der Waals surface area contributed by atoms with Crippen LogP contribution in [0, 0.1) is 0 Å². The highest BCUT2D eigenvalue weighted by Gasteiger charge is 2.35. The number of hydrogen-bond acceptors (Lipinski definition) is 0. The van der Waals surface area contributed by atoms with Gasteiger partial charge in [-0.15, -0.1) is 0 Å². The zero-order valence-electron chi connectivity index (χ0n) is 13.9. The van der Waals surface area contributed by atoms with Gasteiger partial charge in [-0.2, -0.15) is 0 Å². The van der Waals surface area contributed by atoms with Crippen molar-refractivity contribution in [2.75, 3.05) is 0 Å². The van der Waals surface area contributed by atoms with Crippen molar-refractivity contribution in [3.63, 3.8) is 0 Å². The van der Waals surface area contributed by atoms with E-state index in [0.29, 0.717) is 5.31 Å². The fraction of sp³-hybridized carbons (Fsp3) is 1.00. The molecule has 0 aromatic carbocycles. The molecule has 0 amide bonds. The smallest absolute Gasteiger partial charge is 0.0856 e. The maximum absolute atomic E-state index is 2.53. The summed E-state index contributed by atoms with van der Waals surface area (Å²) < 4.78 is 0. The molecule has 0 aliphatic rings. The van der Waals surface area contributed by atoms with Crippen molar-refractivity contribution in [3.05, 3.63) is 0 Å². The lowest BCUT2D eigenvalue weighted by Gasteiger charge is -2.39. The topological polar surface area (TPSA) is 0 Å². The lowest BCUT2D eigenvalue weighted by molar-refractivity contribution is 0.391. The summed E-state index contributed by atoms with van der Waals surface area (Å²) in [6.45, 7) is 12.8. The maximum atomic E-state index is 2.53. The Bertz CT molecular complexity index is 155. The molecule has 18 heavy (non-hydrogen) atoms. The van der Waals surface area contributed by atoms with E-state index in [4.69, 9.17) is 0 Å².